The SMILES string of the molecule is CCC(C=O)Oc1c(C(=O)O)oc2cc(Br)ccc12. The molecule has 0 aliphatic heterocycles. The average Bonchev–Trinajstić information content (AvgIpc) is 2.73. The van der Waals surface area contributed by atoms with Crippen LogP contribution in [0, 0.1) is 0 Å². The Morgan fingerprint density at radius 1 is 1.58 bits per heavy atom. The van der Waals surface area contributed by atoms with Gasteiger partial charge in [0.2, 0.25) is 0 Å². The molecule has 0 bridgehead atoms. The standard InChI is InChI=1S/C13H11BrO5/c1-2-8(6-15)18-11-9-4-3-7(14)5-10(9)19-12(11)13(16)17/h3-6,8H,2H2,1H3,(H,16,17). The lowest BCUT2D eigenvalue weighted by Crippen LogP contribution is -2.17. The summed E-state index contributed by atoms with van der Waals surface area (Å²) in [6, 6.07) is 5.08. The molecule has 0 saturated heterocycles. The maximum atomic E-state index is 11.2. The lowest BCUT2D eigenvalue weighted by Gasteiger charge is -2.10. The van der Waals surface area contributed by atoms with Gasteiger partial charge in [0, 0.05) is 4.47 Å². The van der Waals surface area contributed by atoms with Gasteiger partial charge in [-0.25, -0.2) is 4.79 Å². The number of fused-ring (bicyclic) bond motifs is 1. The molecule has 0 radical (unpaired) electrons. The number of carboxylic acids is 1. The number of aldehydes is 1. The molecule has 0 amide bonds. The van der Waals surface area contributed by atoms with Crippen LogP contribution in [0.25, 0.3) is 11.0 Å². The Bertz CT molecular complexity index is 631. The minimum atomic E-state index is -1.23. The van der Waals surface area contributed by atoms with Gasteiger partial charge in [-0.15, -0.1) is 0 Å². The topological polar surface area (TPSA) is 76.7 Å². The number of carbonyl (C=O) groups excluding carboxylic acids is 1. The molecule has 1 unspecified atom stereocenters. The predicted octanol–water partition coefficient (Wildman–Crippen LogP) is 3.25. The van der Waals surface area contributed by atoms with E-state index < -0.39 is 12.1 Å². The van der Waals surface area contributed by atoms with E-state index in [2.05, 4.69) is 15.9 Å². The third kappa shape index (κ3) is 2.63. The summed E-state index contributed by atoms with van der Waals surface area (Å²) < 4.78 is 11.5. The Morgan fingerprint density at radius 2 is 2.32 bits per heavy atom. The normalized spacial score (nSPS) is 12.3. The Morgan fingerprint density at radius 3 is 2.89 bits per heavy atom. The molecular weight excluding hydrogens is 316 g/mol. The summed E-state index contributed by atoms with van der Waals surface area (Å²) in [5, 5.41) is 9.65. The molecule has 19 heavy (non-hydrogen) atoms. The minimum absolute atomic E-state index is 0.0916. The van der Waals surface area contributed by atoms with Gasteiger partial charge in [-0.1, -0.05) is 22.9 Å². The van der Waals surface area contributed by atoms with Gasteiger partial charge in [0.05, 0.1) is 5.39 Å². The van der Waals surface area contributed by atoms with Crippen molar-refractivity contribution in [3.05, 3.63) is 28.4 Å². The van der Waals surface area contributed by atoms with Crippen molar-refractivity contribution >= 4 is 39.2 Å². The second-order valence-electron chi connectivity index (χ2n) is 3.91. The molecule has 1 aromatic heterocycles. The predicted molar refractivity (Wildman–Crippen MR) is 71.6 cm³/mol. The molecule has 0 aliphatic rings. The van der Waals surface area contributed by atoms with Crippen molar-refractivity contribution in [2.24, 2.45) is 0 Å². The monoisotopic (exact) mass is 326 g/mol. The highest BCUT2D eigenvalue weighted by molar-refractivity contribution is 9.10. The molecule has 0 fully saturated rings. The van der Waals surface area contributed by atoms with E-state index in [0.29, 0.717) is 23.7 Å². The van der Waals surface area contributed by atoms with Crippen molar-refractivity contribution in [3.63, 3.8) is 0 Å². The van der Waals surface area contributed by atoms with Crippen molar-refractivity contribution < 1.29 is 23.8 Å². The van der Waals surface area contributed by atoms with Crippen LogP contribution in [-0.2, 0) is 4.79 Å². The van der Waals surface area contributed by atoms with E-state index in [1.165, 1.54) is 0 Å². The maximum absolute atomic E-state index is 11.2. The van der Waals surface area contributed by atoms with Crippen LogP contribution in [0.15, 0.2) is 27.1 Å². The van der Waals surface area contributed by atoms with Gasteiger partial charge < -0.3 is 14.3 Å². The summed E-state index contributed by atoms with van der Waals surface area (Å²) in [5.41, 5.74) is 0.391. The molecule has 1 heterocycles. The number of aromatic carboxylic acids is 1. The van der Waals surface area contributed by atoms with E-state index in [0.717, 1.165) is 4.47 Å². The lowest BCUT2D eigenvalue weighted by molar-refractivity contribution is -0.113. The first-order chi connectivity index (χ1) is 9.06. The third-order valence-electron chi connectivity index (χ3n) is 2.62. The number of rotatable bonds is 5. The molecule has 6 heteroatoms. The lowest BCUT2D eigenvalue weighted by atomic mass is 10.2. The summed E-state index contributed by atoms with van der Waals surface area (Å²) in [6.45, 7) is 1.78. The molecule has 100 valence electrons. The van der Waals surface area contributed by atoms with Crippen LogP contribution in [0.2, 0.25) is 0 Å². The zero-order valence-electron chi connectivity index (χ0n) is 10.1. The first kappa shape index (κ1) is 13.6. The van der Waals surface area contributed by atoms with E-state index in [-0.39, 0.29) is 11.5 Å². The van der Waals surface area contributed by atoms with Gasteiger partial charge in [-0.2, -0.15) is 0 Å². The molecule has 2 rings (SSSR count). The Hall–Kier alpha value is -1.82. The number of halogens is 1. The van der Waals surface area contributed by atoms with Gasteiger partial charge in [-0.3, -0.25) is 4.79 Å². The second-order valence-corrected chi connectivity index (χ2v) is 4.82. The number of hydrogen-bond acceptors (Lipinski definition) is 4. The highest BCUT2D eigenvalue weighted by Crippen LogP contribution is 2.35. The number of furan rings is 1. The molecule has 1 N–H and O–H groups in total. The quantitative estimate of drug-likeness (QED) is 0.853. The summed E-state index contributed by atoms with van der Waals surface area (Å²) in [4.78, 5) is 22.0. The van der Waals surface area contributed by atoms with E-state index >= 15 is 0 Å². The zero-order valence-corrected chi connectivity index (χ0v) is 11.6. The van der Waals surface area contributed by atoms with Crippen LogP contribution in [0.1, 0.15) is 23.9 Å². The van der Waals surface area contributed by atoms with E-state index in [9.17, 15) is 9.59 Å². The first-order valence-electron chi connectivity index (χ1n) is 5.64. The molecule has 5 nitrogen and oxygen atoms in total. The number of ether oxygens (including phenoxy) is 1. The van der Waals surface area contributed by atoms with Crippen LogP contribution >= 0.6 is 15.9 Å². The zero-order chi connectivity index (χ0) is 14.0. The Balaban J connectivity index is 2.58. The van der Waals surface area contributed by atoms with Gasteiger partial charge in [0.25, 0.3) is 5.76 Å². The average molecular weight is 327 g/mol. The van der Waals surface area contributed by atoms with E-state index in [1.807, 2.05) is 0 Å². The van der Waals surface area contributed by atoms with Gasteiger partial charge in [-0.05, 0) is 24.6 Å². The first-order valence-corrected chi connectivity index (χ1v) is 6.43. The Labute approximate surface area is 117 Å². The van der Waals surface area contributed by atoms with Crippen LogP contribution in [-0.4, -0.2) is 23.5 Å². The van der Waals surface area contributed by atoms with E-state index in [4.69, 9.17) is 14.3 Å². The third-order valence-corrected chi connectivity index (χ3v) is 3.12. The van der Waals surface area contributed by atoms with Crippen LogP contribution in [0.5, 0.6) is 5.75 Å². The van der Waals surface area contributed by atoms with Gasteiger partial charge in [0.15, 0.2) is 18.1 Å². The van der Waals surface area contributed by atoms with Crippen LogP contribution < -0.4 is 4.74 Å². The largest absolute Gasteiger partial charge is 0.478 e. The summed E-state index contributed by atoms with van der Waals surface area (Å²) in [7, 11) is 0. The molecular formula is C13H11BrO5. The fourth-order valence-corrected chi connectivity index (χ4v) is 2.00. The van der Waals surface area contributed by atoms with Crippen molar-refractivity contribution in [2.75, 3.05) is 0 Å². The molecule has 2 aromatic rings. The van der Waals surface area contributed by atoms with Crippen LogP contribution in [0.3, 0.4) is 0 Å². The summed E-state index contributed by atoms with van der Waals surface area (Å²) in [5.74, 6) is -1.44. The van der Waals surface area contributed by atoms with Gasteiger partial charge in [0.1, 0.15) is 5.58 Å². The Kier molecular flexibility index (Phi) is 3.90. The summed E-state index contributed by atoms with van der Waals surface area (Å²) in [6.07, 6.45) is 0.400. The molecule has 1 atom stereocenters. The molecule has 0 aliphatic carbocycles. The van der Waals surface area contributed by atoms with Crippen LogP contribution in [0.4, 0.5) is 0 Å². The minimum Gasteiger partial charge on any atom is -0.478 e. The van der Waals surface area contributed by atoms with Gasteiger partial charge >= 0.3 is 5.97 Å². The highest BCUT2D eigenvalue weighted by atomic mass is 79.9. The molecule has 0 spiro atoms. The maximum Gasteiger partial charge on any atom is 0.375 e. The molecule has 0 saturated carbocycles. The smallest absolute Gasteiger partial charge is 0.375 e. The van der Waals surface area contributed by atoms with Crippen molar-refractivity contribution in [1.29, 1.82) is 0 Å². The number of carboxylic acid groups (broad SMARTS) is 1. The highest BCUT2D eigenvalue weighted by Gasteiger charge is 2.23. The van der Waals surface area contributed by atoms with E-state index in [1.54, 1.807) is 25.1 Å². The fraction of sp³-hybridized carbons (Fsp3) is 0.231. The summed E-state index contributed by atoms with van der Waals surface area (Å²) >= 11 is 3.28. The van der Waals surface area contributed by atoms with Crippen molar-refractivity contribution in [2.45, 2.75) is 19.4 Å². The fourth-order valence-electron chi connectivity index (χ4n) is 1.66. The van der Waals surface area contributed by atoms with Crippen molar-refractivity contribution in [1.82, 2.24) is 0 Å². The number of carbonyl (C=O) groups is 2. The molecule has 1 aromatic carbocycles. The number of benzene rings is 1. The van der Waals surface area contributed by atoms with Crippen molar-refractivity contribution in [3.8, 4) is 5.75 Å². The second kappa shape index (κ2) is 5.44. The number of hydrogen-bond donors (Lipinski definition) is 1.